The molecule has 0 aliphatic heterocycles. The number of amides is 1. The van der Waals surface area contributed by atoms with E-state index in [0.29, 0.717) is 31.7 Å². The van der Waals surface area contributed by atoms with Crippen LogP contribution >= 0.6 is 0 Å². The zero-order chi connectivity index (χ0) is 16.8. The van der Waals surface area contributed by atoms with E-state index in [2.05, 4.69) is 12.2 Å². The largest absolute Gasteiger partial charge is 0.497 e. The molecule has 5 heteroatoms. The van der Waals surface area contributed by atoms with Crippen molar-refractivity contribution in [3.8, 4) is 5.75 Å². The van der Waals surface area contributed by atoms with Crippen LogP contribution in [-0.2, 0) is 9.59 Å². The van der Waals surface area contributed by atoms with Crippen molar-refractivity contribution < 1.29 is 19.4 Å². The number of hydrogen-bond donors (Lipinski definition) is 2. The number of rotatable bonds is 7. The van der Waals surface area contributed by atoms with Crippen LogP contribution in [0.5, 0.6) is 5.75 Å². The molecule has 0 radical (unpaired) electrons. The second-order valence-electron chi connectivity index (χ2n) is 6.30. The first-order valence-corrected chi connectivity index (χ1v) is 8.15. The van der Waals surface area contributed by atoms with Gasteiger partial charge >= 0.3 is 5.97 Å². The lowest BCUT2D eigenvalue weighted by atomic mass is 9.97. The van der Waals surface area contributed by atoms with Crippen LogP contribution in [-0.4, -0.2) is 30.6 Å². The van der Waals surface area contributed by atoms with Crippen molar-refractivity contribution >= 4 is 11.9 Å². The number of methoxy groups -OCH3 is 1. The average molecular weight is 319 g/mol. The Morgan fingerprint density at radius 3 is 2.48 bits per heavy atom. The van der Waals surface area contributed by atoms with E-state index in [1.54, 1.807) is 7.11 Å². The summed E-state index contributed by atoms with van der Waals surface area (Å²) in [5.74, 6) is -0.111. The van der Waals surface area contributed by atoms with Gasteiger partial charge < -0.3 is 15.2 Å². The molecule has 126 valence electrons. The Labute approximate surface area is 137 Å². The van der Waals surface area contributed by atoms with Gasteiger partial charge in [0, 0.05) is 12.5 Å². The Balaban J connectivity index is 1.73. The molecule has 0 aromatic heterocycles. The SMILES string of the molecule is COc1ccc(C(C)CCNC(=O)[C@@H]2CC[C@H](C(=O)O)C2)cc1. The third-order valence-electron chi connectivity index (χ3n) is 4.71. The molecule has 0 saturated heterocycles. The zero-order valence-corrected chi connectivity index (χ0v) is 13.7. The Morgan fingerprint density at radius 2 is 1.91 bits per heavy atom. The lowest BCUT2D eigenvalue weighted by Crippen LogP contribution is -2.31. The maximum Gasteiger partial charge on any atom is 0.306 e. The minimum absolute atomic E-state index is 0.00400. The van der Waals surface area contributed by atoms with Gasteiger partial charge in [-0.1, -0.05) is 19.1 Å². The first kappa shape index (κ1) is 17.3. The van der Waals surface area contributed by atoms with Crippen LogP contribution in [0.3, 0.4) is 0 Å². The number of carbonyl (C=O) groups is 2. The minimum Gasteiger partial charge on any atom is -0.497 e. The number of ether oxygens (including phenoxy) is 1. The third kappa shape index (κ3) is 4.71. The smallest absolute Gasteiger partial charge is 0.306 e. The van der Waals surface area contributed by atoms with Gasteiger partial charge in [-0.05, 0) is 49.3 Å². The molecule has 1 unspecified atom stereocenters. The van der Waals surface area contributed by atoms with Crippen molar-refractivity contribution in [2.45, 2.75) is 38.5 Å². The summed E-state index contributed by atoms with van der Waals surface area (Å²) < 4.78 is 5.15. The summed E-state index contributed by atoms with van der Waals surface area (Å²) in [6.07, 6.45) is 2.61. The van der Waals surface area contributed by atoms with Crippen LogP contribution in [0.25, 0.3) is 0 Å². The molecule has 1 amide bonds. The van der Waals surface area contributed by atoms with Gasteiger partial charge in [-0.3, -0.25) is 9.59 Å². The van der Waals surface area contributed by atoms with E-state index in [9.17, 15) is 9.59 Å². The van der Waals surface area contributed by atoms with E-state index in [1.807, 2.05) is 24.3 Å². The quantitative estimate of drug-likeness (QED) is 0.810. The van der Waals surface area contributed by atoms with E-state index >= 15 is 0 Å². The molecular weight excluding hydrogens is 294 g/mol. The summed E-state index contributed by atoms with van der Waals surface area (Å²) in [6.45, 7) is 2.74. The normalized spacial score (nSPS) is 21.7. The van der Waals surface area contributed by atoms with Crippen molar-refractivity contribution in [2.75, 3.05) is 13.7 Å². The second-order valence-corrected chi connectivity index (χ2v) is 6.30. The topological polar surface area (TPSA) is 75.6 Å². The van der Waals surface area contributed by atoms with Crippen LogP contribution in [0, 0.1) is 11.8 Å². The monoisotopic (exact) mass is 319 g/mol. The number of nitrogens with one attached hydrogen (secondary N) is 1. The fourth-order valence-corrected chi connectivity index (χ4v) is 3.10. The van der Waals surface area contributed by atoms with Gasteiger partial charge in [0.25, 0.3) is 0 Å². The molecule has 2 rings (SSSR count). The summed E-state index contributed by atoms with van der Waals surface area (Å²) in [5.41, 5.74) is 1.21. The van der Waals surface area contributed by atoms with Crippen molar-refractivity contribution in [3.05, 3.63) is 29.8 Å². The van der Waals surface area contributed by atoms with E-state index in [4.69, 9.17) is 9.84 Å². The molecule has 1 fully saturated rings. The standard InChI is InChI=1S/C18H25NO4/c1-12(13-5-7-16(23-2)8-6-13)9-10-19-17(20)14-3-4-15(11-14)18(21)22/h5-8,12,14-15H,3-4,9-11H2,1-2H3,(H,19,20)(H,21,22)/t12?,14-,15+/m1/s1. The minimum atomic E-state index is -0.784. The van der Waals surface area contributed by atoms with Crippen LogP contribution in [0.2, 0.25) is 0 Å². The molecule has 0 spiro atoms. The van der Waals surface area contributed by atoms with E-state index < -0.39 is 5.97 Å². The highest BCUT2D eigenvalue weighted by Crippen LogP contribution is 2.31. The van der Waals surface area contributed by atoms with E-state index in [1.165, 1.54) is 5.56 Å². The van der Waals surface area contributed by atoms with Gasteiger partial charge in [0.2, 0.25) is 5.91 Å². The van der Waals surface area contributed by atoms with E-state index in [0.717, 1.165) is 12.2 Å². The molecule has 1 aliphatic carbocycles. The Bertz CT molecular complexity index is 540. The summed E-state index contributed by atoms with van der Waals surface area (Å²) >= 11 is 0. The molecule has 1 saturated carbocycles. The fourth-order valence-electron chi connectivity index (χ4n) is 3.10. The molecule has 0 bridgehead atoms. The van der Waals surface area contributed by atoms with Crippen molar-refractivity contribution in [2.24, 2.45) is 11.8 Å². The fraction of sp³-hybridized carbons (Fsp3) is 0.556. The predicted molar refractivity (Wildman–Crippen MR) is 87.5 cm³/mol. The second kappa shape index (κ2) is 7.99. The molecule has 0 heterocycles. The van der Waals surface area contributed by atoms with Gasteiger partial charge in [-0.15, -0.1) is 0 Å². The van der Waals surface area contributed by atoms with Gasteiger partial charge in [-0.2, -0.15) is 0 Å². The highest BCUT2D eigenvalue weighted by atomic mass is 16.5. The summed E-state index contributed by atoms with van der Waals surface area (Å²) in [5, 5.41) is 11.9. The Morgan fingerprint density at radius 1 is 1.26 bits per heavy atom. The first-order chi connectivity index (χ1) is 11.0. The molecular formula is C18H25NO4. The zero-order valence-electron chi connectivity index (χ0n) is 13.7. The lowest BCUT2D eigenvalue weighted by Gasteiger charge is -2.15. The molecule has 5 nitrogen and oxygen atoms in total. The summed E-state index contributed by atoms with van der Waals surface area (Å²) in [4.78, 5) is 23.0. The number of hydrogen-bond acceptors (Lipinski definition) is 3. The molecule has 23 heavy (non-hydrogen) atoms. The summed E-state index contributed by atoms with van der Waals surface area (Å²) in [7, 11) is 1.64. The Hall–Kier alpha value is -2.04. The molecule has 1 aromatic carbocycles. The lowest BCUT2D eigenvalue weighted by molar-refractivity contribution is -0.141. The van der Waals surface area contributed by atoms with Crippen molar-refractivity contribution in [1.82, 2.24) is 5.32 Å². The van der Waals surface area contributed by atoms with Crippen LogP contribution in [0.15, 0.2) is 24.3 Å². The van der Waals surface area contributed by atoms with Crippen molar-refractivity contribution in [1.29, 1.82) is 0 Å². The number of carboxylic acid groups (broad SMARTS) is 1. The van der Waals surface area contributed by atoms with Gasteiger partial charge in [0.1, 0.15) is 5.75 Å². The molecule has 1 aromatic rings. The third-order valence-corrected chi connectivity index (χ3v) is 4.71. The number of benzene rings is 1. The predicted octanol–water partition coefficient (Wildman–Crippen LogP) is 2.81. The van der Waals surface area contributed by atoms with Gasteiger partial charge in [-0.25, -0.2) is 0 Å². The highest BCUT2D eigenvalue weighted by molar-refractivity contribution is 5.80. The maximum atomic E-state index is 12.1. The first-order valence-electron chi connectivity index (χ1n) is 8.15. The maximum absolute atomic E-state index is 12.1. The van der Waals surface area contributed by atoms with Crippen molar-refractivity contribution in [3.63, 3.8) is 0 Å². The van der Waals surface area contributed by atoms with Gasteiger partial charge in [0.05, 0.1) is 13.0 Å². The molecule has 3 atom stereocenters. The molecule has 2 N–H and O–H groups in total. The van der Waals surface area contributed by atoms with Crippen LogP contribution in [0.1, 0.15) is 44.1 Å². The molecule has 1 aliphatic rings. The number of carboxylic acids is 1. The average Bonchev–Trinajstić information content (AvgIpc) is 3.05. The van der Waals surface area contributed by atoms with Crippen LogP contribution in [0.4, 0.5) is 0 Å². The highest BCUT2D eigenvalue weighted by Gasteiger charge is 2.33. The number of aliphatic carboxylic acids is 1. The van der Waals surface area contributed by atoms with Crippen LogP contribution < -0.4 is 10.1 Å². The Kier molecular flexibility index (Phi) is 6.02. The van der Waals surface area contributed by atoms with Gasteiger partial charge in [0.15, 0.2) is 0 Å². The summed E-state index contributed by atoms with van der Waals surface area (Å²) in [6, 6.07) is 7.96. The van der Waals surface area contributed by atoms with E-state index in [-0.39, 0.29) is 17.7 Å². The number of carbonyl (C=O) groups excluding carboxylic acids is 1.